The fourth-order valence-electron chi connectivity index (χ4n) is 4.37. The fraction of sp³-hybridized carbons (Fsp3) is 0.667. The Morgan fingerprint density at radius 3 is 2.42 bits per heavy atom. The number of fused-ring (bicyclic) bond motifs is 1. The van der Waals surface area contributed by atoms with Crippen LogP contribution < -0.4 is 5.73 Å². The minimum absolute atomic E-state index is 0.246. The van der Waals surface area contributed by atoms with Gasteiger partial charge in [-0.2, -0.15) is 0 Å². The van der Waals surface area contributed by atoms with Gasteiger partial charge in [0, 0.05) is 6.04 Å². The molecule has 0 aliphatic heterocycles. The molecule has 3 rings (SSSR count). The largest absolute Gasteiger partial charge is 0.324 e. The Balaban J connectivity index is 1.77. The van der Waals surface area contributed by atoms with E-state index >= 15 is 0 Å². The summed E-state index contributed by atoms with van der Waals surface area (Å²) >= 11 is 0. The van der Waals surface area contributed by atoms with Crippen molar-refractivity contribution in [1.82, 2.24) is 0 Å². The summed E-state index contributed by atoms with van der Waals surface area (Å²) in [4.78, 5) is 0. The van der Waals surface area contributed by atoms with Gasteiger partial charge in [0.25, 0.3) is 0 Å². The van der Waals surface area contributed by atoms with E-state index < -0.39 is 0 Å². The Morgan fingerprint density at radius 1 is 1.00 bits per heavy atom. The molecule has 2 aliphatic carbocycles. The molecule has 3 atom stereocenters. The van der Waals surface area contributed by atoms with Crippen LogP contribution in [0.4, 0.5) is 0 Å². The van der Waals surface area contributed by atoms with Gasteiger partial charge in [0.05, 0.1) is 0 Å². The quantitative estimate of drug-likeness (QED) is 0.842. The molecular weight excluding hydrogens is 230 g/mol. The summed E-state index contributed by atoms with van der Waals surface area (Å²) in [7, 11) is 0. The van der Waals surface area contributed by atoms with Crippen molar-refractivity contribution in [3.05, 3.63) is 34.9 Å². The van der Waals surface area contributed by atoms with E-state index in [9.17, 15) is 0 Å². The molecule has 104 valence electrons. The lowest BCUT2D eigenvalue weighted by molar-refractivity contribution is 0.193. The summed E-state index contributed by atoms with van der Waals surface area (Å²) in [5.41, 5.74) is 11.1. The number of benzene rings is 1. The first kappa shape index (κ1) is 13.2. The molecule has 1 heteroatoms. The highest BCUT2D eigenvalue weighted by atomic mass is 14.7. The van der Waals surface area contributed by atoms with Crippen molar-refractivity contribution in [3.8, 4) is 0 Å². The molecular formula is C18H27N. The molecule has 0 spiro atoms. The third kappa shape index (κ3) is 2.72. The highest BCUT2D eigenvalue weighted by Gasteiger charge is 2.29. The molecule has 19 heavy (non-hydrogen) atoms. The third-order valence-corrected chi connectivity index (χ3v) is 5.23. The van der Waals surface area contributed by atoms with E-state index in [-0.39, 0.29) is 6.04 Å². The van der Waals surface area contributed by atoms with Crippen LogP contribution in [0.25, 0.3) is 0 Å². The highest BCUT2D eigenvalue weighted by molar-refractivity contribution is 5.36. The van der Waals surface area contributed by atoms with E-state index in [0.29, 0.717) is 5.92 Å². The van der Waals surface area contributed by atoms with Crippen molar-refractivity contribution in [2.75, 3.05) is 0 Å². The molecule has 1 aromatic carbocycles. The Bertz CT molecular complexity index is 441. The number of rotatable bonds is 2. The third-order valence-electron chi connectivity index (χ3n) is 5.23. The molecule has 1 nitrogen and oxygen atoms in total. The SMILES string of the molecule is CC1CC(C)CC(C(N)c2ccc3c(c2)CCC3)C1. The molecule has 1 saturated carbocycles. The van der Waals surface area contributed by atoms with Gasteiger partial charge in [0.2, 0.25) is 0 Å². The first-order valence-corrected chi connectivity index (χ1v) is 8.00. The maximum absolute atomic E-state index is 6.59. The van der Waals surface area contributed by atoms with Crippen molar-refractivity contribution in [2.45, 2.75) is 58.4 Å². The van der Waals surface area contributed by atoms with Crippen molar-refractivity contribution in [3.63, 3.8) is 0 Å². The van der Waals surface area contributed by atoms with Gasteiger partial charge in [0.1, 0.15) is 0 Å². The minimum Gasteiger partial charge on any atom is -0.324 e. The molecule has 0 amide bonds. The molecule has 1 fully saturated rings. The molecule has 0 bridgehead atoms. The van der Waals surface area contributed by atoms with Crippen LogP contribution in [-0.4, -0.2) is 0 Å². The van der Waals surface area contributed by atoms with E-state index in [1.807, 2.05) is 0 Å². The average Bonchev–Trinajstić information content (AvgIpc) is 2.83. The van der Waals surface area contributed by atoms with Gasteiger partial charge in [0.15, 0.2) is 0 Å². The van der Waals surface area contributed by atoms with Crippen LogP contribution in [0.2, 0.25) is 0 Å². The highest BCUT2D eigenvalue weighted by Crippen LogP contribution is 2.39. The van der Waals surface area contributed by atoms with Crippen LogP contribution >= 0.6 is 0 Å². The van der Waals surface area contributed by atoms with Gasteiger partial charge < -0.3 is 5.73 Å². The van der Waals surface area contributed by atoms with Crippen LogP contribution in [0.15, 0.2) is 18.2 Å². The summed E-state index contributed by atoms with van der Waals surface area (Å²) in [5, 5.41) is 0. The number of aryl methyl sites for hydroxylation is 2. The first-order chi connectivity index (χ1) is 9.13. The molecule has 0 heterocycles. The number of hydrogen-bond acceptors (Lipinski definition) is 1. The summed E-state index contributed by atoms with van der Waals surface area (Å²) in [5.74, 6) is 2.36. The second-order valence-corrected chi connectivity index (χ2v) is 7.09. The lowest BCUT2D eigenvalue weighted by atomic mass is 9.72. The predicted octanol–water partition coefficient (Wildman–Crippen LogP) is 4.25. The van der Waals surface area contributed by atoms with Gasteiger partial charge in [-0.3, -0.25) is 0 Å². The maximum Gasteiger partial charge on any atom is 0.0323 e. The number of hydrogen-bond donors (Lipinski definition) is 1. The van der Waals surface area contributed by atoms with Crippen LogP contribution in [0.5, 0.6) is 0 Å². The second kappa shape index (κ2) is 5.28. The summed E-state index contributed by atoms with van der Waals surface area (Å²) in [6.45, 7) is 4.77. The molecule has 0 aromatic heterocycles. The van der Waals surface area contributed by atoms with E-state index in [4.69, 9.17) is 5.73 Å². The van der Waals surface area contributed by atoms with Gasteiger partial charge >= 0.3 is 0 Å². The van der Waals surface area contributed by atoms with Crippen molar-refractivity contribution < 1.29 is 0 Å². The monoisotopic (exact) mass is 257 g/mol. The van der Waals surface area contributed by atoms with Crippen LogP contribution in [0.1, 0.15) is 62.3 Å². The Morgan fingerprint density at radius 2 is 1.68 bits per heavy atom. The zero-order valence-electron chi connectivity index (χ0n) is 12.4. The number of nitrogens with two attached hydrogens (primary N) is 1. The molecule has 2 N–H and O–H groups in total. The average molecular weight is 257 g/mol. The smallest absolute Gasteiger partial charge is 0.0323 e. The summed E-state index contributed by atoms with van der Waals surface area (Å²) in [6, 6.07) is 7.26. The standard InChI is InChI=1S/C18H27N/c1-12-8-13(2)10-17(9-12)18(19)16-7-6-14-4-3-5-15(14)11-16/h6-7,11-13,17-18H,3-5,8-10,19H2,1-2H3. The molecule has 0 radical (unpaired) electrons. The zero-order chi connectivity index (χ0) is 13.4. The van der Waals surface area contributed by atoms with Crippen molar-refractivity contribution in [2.24, 2.45) is 23.5 Å². The normalized spacial score (nSPS) is 32.1. The Labute approximate surface area is 117 Å². The molecule has 1 aromatic rings. The Hall–Kier alpha value is -0.820. The summed E-state index contributed by atoms with van der Waals surface area (Å²) in [6.07, 6.45) is 7.85. The molecule has 3 unspecified atom stereocenters. The molecule has 2 aliphatic rings. The lowest BCUT2D eigenvalue weighted by Crippen LogP contribution is -2.29. The Kier molecular flexibility index (Phi) is 3.66. The van der Waals surface area contributed by atoms with E-state index in [1.165, 1.54) is 44.1 Å². The van der Waals surface area contributed by atoms with Gasteiger partial charge in [-0.25, -0.2) is 0 Å². The molecule has 0 saturated heterocycles. The topological polar surface area (TPSA) is 26.0 Å². The first-order valence-electron chi connectivity index (χ1n) is 8.00. The van der Waals surface area contributed by atoms with Gasteiger partial charge in [-0.05, 0) is 73.0 Å². The minimum atomic E-state index is 0.246. The van der Waals surface area contributed by atoms with Crippen molar-refractivity contribution >= 4 is 0 Å². The maximum atomic E-state index is 6.59. The van der Waals surface area contributed by atoms with Crippen LogP contribution in [0.3, 0.4) is 0 Å². The van der Waals surface area contributed by atoms with Gasteiger partial charge in [-0.15, -0.1) is 0 Å². The van der Waals surface area contributed by atoms with E-state index in [1.54, 1.807) is 11.1 Å². The van der Waals surface area contributed by atoms with Crippen LogP contribution in [0, 0.1) is 17.8 Å². The van der Waals surface area contributed by atoms with Gasteiger partial charge in [-0.1, -0.05) is 32.0 Å². The van der Waals surface area contributed by atoms with Crippen LogP contribution in [-0.2, 0) is 12.8 Å². The lowest BCUT2D eigenvalue weighted by Gasteiger charge is -2.35. The fourth-order valence-corrected chi connectivity index (χ4v) is 4.37. The predicted molar refractivity (Wildman–Crippen MR) is 81.1 cm³/mol. The summed E-state index contributed by atoms with van der Waals surface area (Å²) < 4.78 is 0. The van der Waals surface area contributed by atoms with E-state index in [0.717, 1.165) is 11.8 Å². The van der Waals surface area contributed by atoms with E-state index in [2.05, 4.69) is 32.0 Å². The second-order valence-electron chi connectivity index (χ2n) is 7.09. The van der Waals surface area contributed by atoms with Crippen molar-refractivity contribution in [1.29, 1.82) is 0 Å². The zero-order valence-corrected chi connectivity index (χ0v) is 12.4.